The first kappa shape index (κ1) is 13.0. The molecule has 0 saturated carbocycles. The second kappa shape index (κ2) is 5.54. The van der Waals surface area contributed by atoms with Crippen LogP contribution in [0.4, 0.5) is 5.69 Å². The van der Waals surface area contributed by atoms with Crippen LogP contribution in [0.1, 0.15) is 5.56 Å². The molecule has 0 unspecified atom stereocenters. The highest BCUT2D eigenvalue weighted by atomic mass is 16.3. The Morgan fingerprint density at radius 2 is 1.86 bits per heavy atom. The molecule has 1 aromatic heterocycles. The molecule has 6 heteroatoms. The van der Waals surface area contributed by atoms with Crippen molar-refractivity contribution in [1.82, 2.24) is 14.8 Å². The zero-order chi connectivity index (χ0) is 14.7. The molecule has 0 fully saturated rings. The Bertz CT molecular complexity index is 724. The molecule has 6 nitrogen and oxygen atoms in total. The molecule has 0 radical (unpaired) electrons. The van der Waals surface area contributed by atoms with E-state index in [-0.39, 0.29) is 11.5 Å². The Morgan fingerprint density at radius 3 is 2.52 bits per heavy atom. The van der Waals surface area contributed by atoms with E-state index in [9.17, 15) is 10.2 Å². The number of benzene rings is 2. The summed E-state index contributed by atoms with van der Waals surface area (Å²) in [5.74, 6) is 0.121. The summed E-state index contributed by atoms with van der Waals surface area (Å²) in [5.41, 5.74) is 2.56. The first-order chi connectivity index (χ1) is 10.2. The lowest BCUT2D eigenvalue weighted by atomic mass is 10.2. The van der Waals surface area contributed by atoms with Crippen LogP contribution < -0.4 is 5.32 Å². The van der Waals surface area contributed by atoms with Crippen LogP contribution in [-0.4, -0.2) is 25.0 Å². The maximum atomic E-state index is 9.72. The Kier molecular flexibility index (Phi) is 3.42. The first-order valence-corrected chi connectivity index (χ1v) is 6.42. The molecule has 0 aliphatic rings. The van der Waals surface area contributed by atoms with Gasteiger partial charge in [-0.25, -0.2) is 9.67 Å². The van der Waals surface area contributed by atoms with Crippen molar-refractivity contribution in [1.29, 1.82) is 0 Å². The number of aromatic hydroxyl groups is 2. The SMILES string of the molecule is Oc1ccc(CNc2ccc(-n3cncn3)cc2)c(O)c1. The predicted octanol–water partition coefficient (Wildman–Crippen LogP) is 2.29. The number of phenols is 2. The van der Waals surface area contributed by atoms with Gasteiger partial charge in [-0.1, -0.05) is 0 Å². The smallest absolute Gasteiger partial charge is 0.138 e. The number of nitrogens with one attached hydrogen (secondary N) is 1. The number of anilines is 1. The molecule has 2 aromatic carbocycles. The summed E-state index contributed by atoms with van der Waals surface area (Å²) in [4.78, 5) is 3.90. The van der Waals surface area contributed by atoms with Crippen molar-refractivity contribution in [2.24, 2.45) is 0 Å². The fraction of sp³-hybridized carbons (Fsp3) is 0.0667. The zero-order valence-corrected chi connectivity index (χ0v) is 11.1. The van der Waals surface area contributed by atoms with Gasteiger partial charge in [-0.2, -0.15) is 5.10 Å². The van der Waals surface area contributed by atoms with E-state index >= 15 is 0 Å². The average Bonchev–Trinajstić information content (AvgIpc) is 3.01. The number of phenolic OH excluding ortho intramolecular Hbond substituents is 2. The quantitative estimate of drug-likeness (QED) is 0.684. The summed E-state index contributed by atoms with van der Waals surface area (Å²) in [5, 5.41) is 26.2. The van der Waals surface area contributed by atoms with Gasteiger partial charge in [0.2, 0.25) is 0 Å². The lowest BCUT2D eigenvalue weighted by Gasteiger charge is -2.09. The van der Waals surface area contributed by atoms with Crippen molar-refractivity contribution < 1.29 is 10.2 Å². The van der Waals surface area contributed by atoms with Crippen LogP contribution >= 0.6 is 0 Å². The van der Waals surface area contributed by atoms with E-state index in [1.54, 1.807) is 23.1 Å². The molecule has 3 rings (SSSR count). The first-order valence-electron chi connectivity index (χ1n) is 6.42. The molecule has 21 heavy (non-hydrogen) atoms. The van der Waals surface area contributed by atoms with E-state index in [1.165, 1.54) is 12.4 Å². The number of aromatic nitrogens is 3. The van der Waals surface area contributed by atoms with Crippen LogP contribution in [0, 0.1) is 0 Å². The fourth-order valence-corrected chi connectivity index (χ4v) is 1.97. The maximum Gasteiger partial charge on any atom is 0.138 e. The minimum absolute atomic E-state index is 0.0495. The van der Waals surface area contributed by atoms with Crippen molar-refractivity contribution >= 4 is 5.69 Å². The summed E-state index contributed by atoms with van der Waals surface area (Å²) < 4.78 is 1.68. The fourth-order valence-electron chi connectivity index (χ4n) is 1.97. The Balaban J connectivity index is 1.68. The minimum Gasteiger partial charge on any atom is -0.508 e. The van der Waals surface area contributed by atoms with Crippen molar-refractivity contribution in [3.63, 3.8) is 0 Å². The highest BCUT2D eigenvalue weighted by Crippen LogP contribution is 2.23. The van der Waals surface area contributed by atoms with Crippen molar-refractivity contribution in [2.45, 2.75) is 6.54 Å². The van der Waals surface area contributed by atoms with Gasteiger partial charge in [0.25, 0.3) is 0 Å². The van der Waals surface area contributed by atoms with E-state index in [0.717, 1.165) is 11.4 Å². The molecular formula is C15H14N4O2. The van der Waals surface area contributed by atoms with Gasteiger partial charge in [-0.3, -0.25) is 0 Å². The maximum absolute atomic E-state index is 9.72. The van der Waals surface area contributed by atoms with Gasteiger partial charge in [0.1, 0.15) is 24.2 Å². The minimum atomic E-state index is 0.0495. The summed E-state index contributed by atoms with van der Waals surface area (Å²) in [6, 6.07) is 12.3. The lowest BCUT2D eigenvalue weighted by molar-refractivity contribution is 0.446. The van der Waals surface area contributed by atoms with E-state index in [1.807, 2.05) is 24.3 Å². The summed E-state index contributed by atoms with van der Waals surface area (Å²) in [6.45, 7) is 0.467. The molecule has 1 heterocycles. The molecule has 0 atom stereocenters. The Labute approximate surface area is 121 Å². The highest BCUT2D eigenvalue weighted by Gasteiger charge is 2.02. The normalized spacial score (nSPS) is 10.5. The zero-order valence-electron chi connectivity index (χ0n) is 11.1. The molecular weight excluding hydrogens is 268 g/mol. The average molecular weight is 282 g/mol. The summed E-state index contributed by atoms with van der Waals surface area (Å²) in [7, 11) is 0. The third kappa shape index (κ3) is 2.94. The molecule has 0 aliphatic heterocycles. The molecule has 0 spiro atoms. The molecule has 0 bridgehead atoms. The third-order valence-corrected chi connectivity index (χ3v) is 3.10. The monoisotopic (exact) mass is 282 g/mol. The van der Waals surface area contributed by atoms with Gasteiger partial charge in [0.15, 0.2) is 0 Å². The van der Waals surface area contributed by atoms with Gasteiger partial charge in [0, 0.05) is 23.9 Å². The number of nitrogens with zero attached hydrogens (tertiary/aromatic N) is 3. The second-order valence-electron chi connectivity index (χ2n) is 4.55. The molecule has 0 aliphatic carbocycles. The van der Waals surface area contributed by atoms with Crippen LogP contribution in [0.15, 0.2) is 55.1 Å². The van der Waals surface area contributed by atoms with Crippen molar-refractivity contribution in [3.05, 3.63) is 60.7 Å². The lowest BCUT2D eigenvalue weighted by Crippen LogP contribution is -2.00. The highest BCUT2D eigenvalue weighted by molar-refractivity contribution is 5.50. The molecule has 3 aromatic rings. The second-order valence-corrected chi connectivity index (χ2v) is 4.55. The summed E-state index contributed by atoms with van der Waals surface area (Å²) >= 11 is 0. The molecule has 106 valence electrons. The van der Waals surface area contributed by atoms with Crippen LogP contribution in [0.2, 0.25) is 0 Å². The van der Waals surface area contributed by atoms with Crippen LogP contribution in [0.5, 0.6) is 11.5 Å². The number of rotatable bonds is 4. The third-order valence-electron chi connectivity index (χ3n) is 3.10. The van der Waals surface area contributed by atoms with E-state index in [2.05, 4.69) is 15.4 Å². The van der Waals surface area contributed by atoms with Gasteiger partial charge >= 0.3 is 0 Å². The van der Waals surface area contributed by atoms with Gasteiger partial charge in [0.05, 0.1) is 5.69 Å². The largest absolute Gasteiger partial charge is 0.508 e. The number of hydrogen-bond donors (Lipinski definition) is 3. The van der Waals surface area contributed by atoms with Crippen molar-refractivity contribution in [3.8, 4) is 17.2 Å². The Hall–Kier alpha value is -3.02. The van der Waals surface area contributed by atoms with Crippen LogP contribution in [-0.2, 0) is 6.54 Å². The van der Waals surface area contributed by atoms with Crippen molar-refractivity contribution in [2.75, 3.05) is 5.32 Å². The van der Waals surface area contributed by atoms with Gasteiger partial charge in [-0.05, 0) is 36.4 Å². The van der Waals surface area contributed by atoms with Crippen LogP contribution in [0.3, 0.4) is 0 Å². The van der Waals surface area contributed by atoms with Gasteiger partial charge in [-0.15, -0.1) is 0 Å². The predicted molar refractivity (Wildman–Crippen MR) is 78.5 cm³/mol. The van der Waals surface area contributed by atoms with Crippen LogP contribution in [0.25, 0.3) is 5.69 Å². The number of hydrogen-bond acceptors (Lipinski definition) is 5. The van der Waals surface area contributed by atoms with E-state index in [0.29, 0.717) is 12.1 Å². The standard InChI is InChI=1S/C15H14N4O2/c20-14-6-1-11(15(21)7-14)8-17-12-2-4-13(5-3-12)19-10-16-9-18-19/h1-7,9-10,17,20-21H,8H2. The topological polar surface area (TPSA) is 83.2 Å². The van der Waals surface area contributed by atoms with Gasteiger partial charge < -0.3 is 15.5 Å². The molecule has 0 amide bonds. The molecule has 0 saturated heterocycles. The van der Waals surface area contributed by atoms with E-state index < -0.39 is 0 Å². The summed E-state index contributed by atoms with van der Waals surface area (Å²) in [6.07, 6.45) is 3.12. The van der Waals surface area contributed by atoms with E-state index in [4.69, 9.17) is 0 Å². The Morgan fingerprint density at radius 1 is 1.05 bits per heavy atom. The molecule has 3 N–H and O–H groups in total.